The molecule has 0 radical (unpaired) electrons. The number of rotatable bonds is 4. The van der Waals surface area contributed by atoms with Crippen LogP contribution in [0.1, 0.15) is 12.5 Å². The molecule has 0 fully saturated rings. The molecule has 0 spiro atoms. The summed E-state index contributed by atoms with van der Waals surface area (Å²) in [7, 11) is 0. The average Bonchev–Trinajstić information content (AvgIpc) is 3.01. The lowest BCUT2D eigenvalue weighted by atomic mass is 10.2. The number of nitrogens with one attached hydrogen (secondary N) is 1. The van der Waals surface area contributed by atoms with Crippen molar-refractivity contribution < 1.29 is 23.8 Å². The highest BCUT2D eigenvalue weighted by atomic mass is 16.7. The van der Waals surface area contributed by atoms with Crippen LogP contribution in [0, 0.1) is 0 Å². The van der Waals surface area contributed by atoms with E-state index in [9.17, 15) is 9.59 Å². The summed E-state index contributed by atoms with van der Waals surface area (Å²) < 4.78 is 15.4. The normalized spacial score (nSPS) is 12.2. The van der Waals surface area contributed by atoms with E-state index in [0.29, 0.717) is 22.9 Å². The Bertz CT molecular complexity index is 796. The third-order valence-corrected chi connectivity index (χ3v) is 3.21. The van der Waals surface area contributed by atoms with Gasteiger partial charge in [0.1, 0.15) is 5.75 Å². The number of carbonyl (C=O) groups is 2. The van der Waals surface area contributed by atoms with Crippen molar-refractivity contribution in [1.29, 1.82) is 0 Å². The highest BCUT2D eigenvalue weighted by Gasteiger charge is 2.13. The third-order valence-electron chi connectivity index (χ3n) is 3.21. The summed E-state index contributed by atoms with van der Waals surface area (Å²) in [5.41, 5.74) is 1.44. The number of anilines is 1. The van der Waals surface area contributed by atoms with Crippen LogP contribution >= 0.6 is 0 Å². The van der Waals surface area contributed by atoms with Crippen molar-refractivity contribution in [3.05, 3.63) is 54.1 Å². The number of amides is 1. The van der Waals surface area contributed by atoms with E-state index in [1.54, 1.807) is 48.5 Å². The lowest BCUT2D eigenvalue weighted by Crippen LogP contribution is -2.07. The number of ether oxygens (including phenoxy) is 3. The summed E-state index contributed by atoms with van der Waals surface area (Å²) in [6.45, 7) is 1.53. The second kappa shape index (κ2) is 6.87. The van der Waals surface area contributed by atoms with Crippen LogP contribution in [-0.2, 0) is 9.59 Å². The summed E-state index contributed by atoms with van der Waals surface area (Å²) >= 11 is 0. The van der Waals surface area contributed by atoms with Gasteiger partial charge in [0.25, 0.3) is 0 Å². The zero-order valence-electron chi connectivity index (χ0n) is 12.9. The number of fused-ring (bicyclic) bond motifs is 1. The van der Waals surface area contributed by atoms with Gasteiger partial charge < -0.3 is 19.5 Å². The molecule has 0 aliphatic carbocycles. The number of carbonyl (C=O) groups excluding carboxylic acids is 2. The summed E-state index contributed by atoms with van der Waals surface area (Å²) in [6.07, 6.45) is 3.09. The summed E-state index contributed by atoms with van der Waals surface area (Å²) in [5, 5.41) is 2.75. The van der Waals surface area contributed by atoms with E-state index in [2.05, 4.69) is 5.32 Å². The quantitative estimate of drug-likeness (QED) is 0.531. The van der Waals surface area contributed by atoms with Gasteiger partial charge in [-0.25, -0.2) is 0 Å². The van der Waals surface area contributed by atoms with E-state index >= 15 is 0 Å². The molecular formula is C18H15NO5. The molecule has 1 N–H and O–H groups in total. The molecule has 0 atom stereocenters. The van der Waals surface area contributed by atoms with Gasteiger partial charge in [0.05, 0.1) is 0 Å². The predicted molar refractivity (Wildman–Crippen MR) is 88.0 cm³/mol. The maximum absolute atomic E-state index is 12.0. The zero-order valence-corrected chi connectivity index (χ0v) is 12.9. The third kappa shape index (κ3) is 3.92. The Morgan fingerprint density at radius 3 is 2.58 bits per heavy atom. The molecule has 1 heterocycles. The molecule has 2 aromatic carbocycles. The topological polar surface area (TPSA) is 73.9 Å². The van der Waals surface area contributed by atoms with Crippen LogP contribution in [0.4, 0.5) is 5.69 Å². The minimum atomic E-state index is -0.374. The summed E-state index contributed by atoms with van der Waals surface area (Å²) in [6, 6.07) is 12.0. The Hall–Kier alpha value is -3.28. The van der Waals surface area contributed by atoms with Gasteiger partial charge in [-0.15, -0.1) is 0 Å². The predicted octanol–water partition coefficient (Wildman–Crippen LogP) is 2.99. The smallest absolute Gasteiger partial charge is 0.308 e. The Morgan fingerprint density at radius 1 is 1.08 bits per heavy atom. The van der Waals surface area contributed by atoms with E-state index in [0.717, 1.165) is 5.56 Å². The average molecular weight is 325 g/mol. The lowest BCUT2D eigenvalue weighted by Gasteiger charge is -2.03. The molecule has 0 saturated carbocycles. The van der Waals surface area contributed by atoms with Gasteiger partial charge >= 0.3 is 5.97 Å². The molecule has 3 rings (SSSR count). The highest BCUT2D eigenvalue weighted by Crippen LogP contribution is 2.34. The highest BCUT2D eigenvalue weighted by molar-refractivity contribution is 6.02. The molecule has 1 amide bonds. The van der Waals surface area contributed by atoms with Crippen LogP contribution in [0.3, 0.4) is 0 Å². The Balaban J connectivity index is 1.60. The SMILES string of the molecule is CC(=O)Oc1ccc(C=CC(=O)Nc2ccc3c(c2)OCO3)cc1. The van der Waals surface area contributed by atoms with Crippen molar-refractivity contribution in [1.82, 2.24) is 0 Å². The van der Waals surface area contributed by atoms with Crippen molar-refractivity contribution in [2.45, 2.75) is 6.92 Å². The first-order valence-corrected chi connectivity index (χ1v) is 7.27. The molecule has 24 heavy (non-hydrogen) atoms. The maximum atomic E-state index is 12.0. The van der Waals surface area contributed by atoms with Crippen LogP contribution in [-0.4, -0.2) is 18.7 Å². The van der Waals surface area contributed by atoms with Crippen LogP contribution < -0.4 is 19.5 Å². The van der Waals surface area contributed by atoms with E-state index < -0.39 is 0 Å². The second-order valence-corrected chi connectivity index (χ2v) is 5.05. The summed E-state index contributed by atoms with van der Waals surface area (Å²) in [5.74, 6) is 1.10. The van der Waals surface area contributed by atoms with Crippen molar-refractivity contribution in [3.63, 3.8) is 0 Å². The first kappa shape index (κ1) is 15.6. The van der Waals surface area contributed by atoms with Gasteiger partial charge in [-0.05, 0) is 35.9 Å². The fourth-order valence-corrected chi connectivity index (χ4v) is 2.14. The lowest BCUT2D eigenvalue weighted by molar-refractivity contribution is -0.131. The molecule has 1 aliphatic heterocycles. The number of esters is 1. The second-order valence-electron chi connectivity index (χ2n) is 5.05. The minimum Gasteiger partial charge on any atom is -0.454 e. The van der Waals surface area contributed by atoms with Crippen molar-refractivity contribution in [2.75, 3.05) is 12.1 Å². The van der Waals surface area contributed by atoms with Crippen LogP contribution in [0.15, 0.2) is 48.5 Å². The molecular weight excluding hydrogens is 310 g/mol. The van der Waals surface area contributed by atoms with E-state index in [1.807, 2.05) is 0 Å². The molecule has 0 unspecified atom stereocenters. The molecule has 0 saturated heterocycles. The van der Waals surface area contributed by atoms with E-state index in [1.165, 1.54) is 13.0 Å². The van der Waals surface area contributed by atoms with Crippen molar-refractivity contribution in [3.8, 4) is 17.2 Å². The largest absolute Gasteiger partial charge is 0.454 e. The van der Waals surface area contributed by atoms with Crippen molar-refractivity contribution >= 4 is 23.6 Å². The Kier molecular flexibility index (Phi) is 4.47. The first-order chi connectivity index (χ1) is 11.6. The van der Waals surface area contributed by atoms with Crippen LogP contribution in [0.5, 0.6) is 17.2 Å². The molecule has 6 nitrogen and oxygen atoms in total. The molecule has 6 heteroatoms. The van der Waals surface area contributed by atoms with E-state index in [-0.39, 0.29) is 18.7 Å². The fourth-order valence-electron chi connectivity index (χ4n) is 2.14. The number of benzene rings is 2. The van der Waals surface area contributed by atoms with Gasteiger partial charge in [-0.3, -0.25) is 9.59 Å². The van der Waals surface area contributed by atoms with Gasteiger partial charge in [0.15, 0.2) is 11.5 Å². The standard InChI is InChI=1S/C18H15NO5/c1-12(20)24-15-6-2-13(3-7-15)4-9-18(21)19-14-5-8-16-17(10-14)23-11-22-16/h2-10H,11H2,1H3,(H,19,21). The van der Waals surface area contributed by atoms with Crippen LogP contribution in [0.25, 0.3) is 6.08 Å². The van der Waals surface area contributed by atoms with Crippen LogP contribution in [0.2, 0.25) is 0 Å². The Labute approximate surface area is 138 Å². The molecule has 2 aromatic rings. The van der Waals surface area contributed by atoms with Gasteiger partial charge in [-0.2, -0.15) is 0 Å². The zero-order chi connectivity index (χ0) is 16.9. The maximum Gasteiger partial charge on any atom is 0.308 e. The summed E-state index contributed by atoms with van der Waals surface area (Å²) in [4.78, 5) is 22.8. The number of hydrogen-bond donors (Lipinski definition) is 1. The van der Waals surface area contributed by atoms with Gasteiger partial charge in [0.2, 0.25) is 12.7 Å². The molecule has 1 aliphatic rings. The molecule has 0 bridgehead atoms. The van der Waals surface area contributed by atoms with Gasteiger partial charge in [-0.1, -0.05) is 12.1 Å². The minimum absolute atomic E-state index is 0.190. The molecule has 122 valence electrons. The number of hydrogen-bond acceptors (Lipinski definition) is 5. The van der Waals surface area contributed by atoms with E-state index in [4.69, 9.17) is 14.2 Å². The van der Waals surface area contributed by atoms with Gasteiger partial charge in [0, 0.05) is 24.8 Å². The Morgan fingerprint density at radius 2 is 1.83 bits per heavy atom. The monoisotopic (exact) mass is 325 g/mol. The first-order valence-electron chi connectivity index (χ1n) is 7.27. The van der Waals surface area contributed by atoms with Crippen molar-refractivity contribution in [2.24, 2.45) is 0 Å². The molecule has 0 aromatic heterocycles. The fraction of sp³-hybridized carbons (Fsp3) is 0.111.